The summed E-state index contributed by atoms with van der Waals surface area (Å²) in [5.41, 5.74) is 0.927. The molecule has 0 atom stereocenters. The third-order valence-electron chi connectivity index (χ3n) is 3.73. The van der Waals surface area contributed by atoms with Crippen molar-refractivity contribution in [2.45, 2.75) is 47.5 Å². The Labute approximate surface area is 148 Å². The van der Waals surface area contributed by atoms with Gasteiger partial charge in [-0.15, -0.1) is 11.3 Å². The predicted octanol–water partition coefficient (Wildman–Crippen LogP) is 4.44. The summed E-state index contributed by atoms with van der Waals surface area (Å²) in [5.74, 6) is 0.997. The van der Waals surface area contributed by atoms with Gasteiger partial charge in [0.2, 0.25) is 0 Å². The number of anilines is 1. The second kappa shape index (κ2) is 8.42. The van der Waals surface area contributed by atoms with Gasteiger partial charge in [0.25, 0.3) is 0 Å². The summed E-state index contributed by atoms with van der Waals surface area (Å²) in [6.45, 7) is 12.7. The average molecular weight is 350 g/mol. The first-order valence-corrected chi connectivity index (χ1v) is 9.47. The van der Waals surface area contributed by atoms with Crippen LogP contribution in [0.5, 0.6) is 0 Å². The van der Waals surface area contributed by atoms with Crippen LogP contribution in [0.25, 0.3) is 10.2 Å². The van der Waals surface area contributed by atoms with Gasteiger partial charge in [-0.25, -0.2) is 14.8 Å². The molecule has 0 radical (unpaired) electrons. The highest BCUT2D eigenvalue weighted by Crippen LogP contribution is 2.35. The second-order valence-electron chi connectivity index (χ2n) is 6.41. The van der Waals surface area contributed by atoms with Crippen molar-refractivity contribution in [1.29, 1.82) is 0 Å². The van der Waals surface area contributed by atoms with Crippen molar-refractivity contribution in [3.63, 3.8) is 0 Å². The van der Waals surface area contributed by atoms with Crippen molar-refractivity contribution >= 4 is 33.3 Å². The van der Waals surface area contributed by atoms with Crippen LogP contribution in [-0.2, 0) is 4.74 Å². The third kappa shape index (κ3) is 4.04. The Morgan fingerprint density at radius 3 is 2.50 bits per heavy atom. The van der Waals surface area contributed by atoms with Crippen molar-refractivity contribution in [3.05, 3.63) is 16.8 Å². The van der Waals surface area contributed by atoms with Crippen LogP contribution in [0.15, 0.2) is 6.33 Å². The summed E-state index contributed by atoms with van der Waals surface area (Å²) in [5, 5.41) is 0.987. The number of hydrogen-bond donors (Lipinski definition) is 0. The molecule has 24 heavy (non-hydrogen) atoms. The minimum atomic E-state index is -0.257. The summed E-state index contributed by atoms with van der Waals surface area (Å²) in [4.78, 5) is 25.1. The van der Waals surface area contributed by atoms with Gasteiger partial charge in [0.05, 0.1) is 12.0 Å². The molecule has 0 amide bonds. The van der Waals surface area contributed by atoms with E-state index in [0.717, 1.165) is 47.5 Å². The van der Waals surface area contributed by atoms with Crippen molar-refractivity contribution in [2.24, 2.45) is 5.92 Å². The highest BCUT2D eigenvalue weighted by molar-refractivity contribution is 7.20. The molecule has 6 heteroatoms. The molecule has 0 unspecified atom stereocenters. The number of fused-ring (bicyclic) bond motifs is 1. The smallest absolute Gasteiger partial charge is 0.348 e. The highest BCUT2D eigenvalue weighted by atomic mass is 32.1. The topological polar surface area (TPSA) is 55.3 Å². The fraction of sp³-hybridized carbons (Fsp3) is 0.611. The van der Waals surface area contributed by atoms with E-state index in [1.54, 1.807) is 6.33 Å². The molecule has 5 nitrogen and oxygen atoms in total. The zero-order chi connectivity index (χ0) is 17.7. The zero-order valence-corrected chi connectivity index (χ0v) is 16.1. The van der Waals surface area contributed by atoms with Crippen molar-refractivity contribution in [3.8, 4) is 0 Å². The van der Waals surface area contributed by atoms with E-state index in [2.05, 4.69) is 28.7 Å². The molecule has 0 saturated carbocycles. The summed E-state index contributed by atoms with van der Waals surface area (Å²) >= 11 is 1.40. The Hall–Kier alpha value is -1.69. The Morgan fingerprint density at radius 1 is 1.25 bits per heavy atom. The molecular formula is C18H27N3O2S. The van der Waals surface area contributed by atoms with E-state index in [-0.39, 0.29) is 5.97 Å². The molecule has 0 aliphatic rings. The normalized spacial score (nSPS) is 11.2. The molecule has 0 spiro atoms. The number of hydrogen-bond acceptors (Lipinski definition) is 6. The maximum Gasteiger partial charge on any atom is 0.348 e. The SMILES string of the molecule is CCCN(CCC)c1ncnc2sc(C(=O)OCC(C)C)c(C)c12. The van der Waals surface area contributed by atoms with Crippen molar-refractivity contribution in [1.82, 2.24) is 9.97 Å². The van der Waals surface area contributed by atoms with E-state index in [1.165, 1.54) is 11.3 Å². The zero-order valence-electron chi connectivity index (χ0n) is 15.3. The van der Waals surface area contributed by atoms with Crippen LogP contribution in [0.4, 0.5) is 5.82 Å². The maximum absolute atomic E-state index is 12.4. The molecule has 0 bridgehead atoms. The fourth-order valence-electron chi connectivity index (χ4n) is 2.66. The molecule has 2 aromatic heterocycles. The van der Waals surface area contributed by atoms with Gasteiger partial charge in [0, 0.05) is 13.1 Å². The van der Waals surface area contributed by atoms with E-state index >= 15 is 0 Å². The minimum absolute atomic E-state index is 0.257. The lowest BCUT2D eigenvalue weighted by Crippen LogP contribution is -2.26. The predicted molar refractivity (Wildman–Crippen MR) is 100 cm³/mol. The van der Waals surface area contributed by atoms with Gasteiger partial charge < -0.3 is 9.64 Å². The van der Waals surface area contributed by atoms with Crippen LogP contribution in [0.1, 0.15) is 55.8 Å². The van der Waals surface area contributed by atoms with Crippen molar-refractivity contribution in [2.75, 3.05) is 24.6 Å². The van der Waals surface area contributed by atoms with Crippen LogP contribution < -0.4 is 4.90 Å². The number of ether oxygens (including phenoxy) is 1. The van der Waals surface area contributed by atoms with Crippen LogP contribution >= 0.6 is 11.3 Å². The van der Waals surface area contributed by atoms with E-state index in [4.69, 9.17) is 4.74 Å². The standard InChI is InChI=1S/C18H27N3O2S/c1-6-8-21(9-7-2)16-14-13(5)15(18(22)23-10-12(3)4)24-17(14)20-11-19-16/h11-12H,6-10H2,1-5H3. The van der Waals surface area contributed by atoms with Gasteiger partial charge in [0.1, 0.15) is 21.9 Å². The van der Waals surface area contributed by atoms with E-state index in [1.807, 2.05) is 20.8 Å². The van der Waals surface area contributed by atoms with Crippen LogP contribution in [-0.4, -0.2) is 35.6 Å². The first kappa shape index (κ1) is 18.6. The van der Waals surface area contributed by atoms with Crippen molar-refractivity contribution < 1.29 is 9.53 Å². The molecule has 132 valence electrons. The number of aryl methyl sites for hydroxylation is 1. The first-order chi connectivity index (χ1) is 11.5. The number of esters is 1. The van der Waals surface area contributed by atoms with Gasteiger partial charge in [0.15, 0.2) is 0 Å². The number of aromatic nitrogens is 2. The summed E-state index contributed by atoms with van der Waals surface area (Å²) < 4.78 is 5.40. The first-order valence-electron chi connectivity index (χ1n) is 8.65. The average Bonchev–Trinajstić information content (AvgIpc) is 2.89. The number of rotatable bonds is 8. The van der Waals surface area contributed by atoms with Gasteiger partial charge in [-0.2, -0.15) is 0 Å². The van der Waals surface area contributed by atoms with Crippen LogP contribution in [0, 0.1) is 12.8 Å². The number of carbonyl (C=O) groups is 1. The minimum Gasteiger partial charge on any atom is -0.461 e. The third-order valence-corrected chi connectivity index (χ3v) is 4.91. The lowest BCUT2D eigenvalue weighted by Gasteiger charge is -2.23. The van der Waals surface area contributed by atoms with Gasteiger partial charge >= 0.3 is 5.97 Å². The molecule has 2 aromatic rings. The summed E-state index contributed by atoms with van der Waals surface area (Å²) in [6, 6.07) is 0. The summed E-state index contributed by atoms with van der Waals surface area (Å²) in [6.07, 6.45) is 3.70. The van der Waals surface area contributed by atoms with E-state index in [0.29, 0.717) is 17.4 Å². The molecule has 0 aliphatic heterocycles. The van der Waals surface area contributed by atoms with Gasteiger partial charge in [-0.3, -0.25) is 0 Å². The number of thiophene rings is 1. The Kier molecular flexibility index (Phi) is 6.54. The molecular weight excluding hydrogens is 322 g/mol. The molecule has 0 aliphatic carbocycles. The molecule has 2 rings (SSSR count). The van der Waals surface area contributed by atoms with Gasteiger partial charge in [-0.1, -0.05) is 27.7 Å². The summed E-state index contributed by atoms with van der Waals surface area (Å²) in [7, 11) is 0. The molecule has 0 aromatic carbocycles. The van der Waals surface area contributed by atoms with E-state index in [9.17, 15) is 4.79 Å². The molecule has 0 N–H and O–H groups in total. The second-order valence-corrected chi connectivity index (χ2v) is 7.41. The molecule has 0 fully saturated rings. The lowest BCUT2D eigenvalue weighted by molar-refractivity contribution is 0.0464. The van der Waals surface area contributed by atoms with E-state index < -0.39 is 0 Å². The maximum atomic E-state index is 12.4. The Bertz CT molecular complexity index is 691. The molecule has 2 heterocycles. The number of carbonyl (C=O) groups excluding carboxylic acids is 1. The fourth-order valence-corrected chi connectivity index (χ4v) is 3.70. The van der Waals surface area contributed by atoms with Crippen LogP contribution in [0.3, 0.4) is 0 Å². The van der Waals surface area contributed by atoms with Gasteiger partial charge in [-0.05, 0) is 31.2 Å². The monoisotopic (exact) mass is 349 g/mol. The quantitative estimate of drug-likeness (QED) is 0.660. The highest BCUT2D eigenvalue weighted by Gasteiger charge is 2.22. The largest absolute Gasteiger partial charge is 0.461 e. The number of nitrogens with zero attached hydrogens (tertiary/aromatic N) is 3. The van der Waals surface area contributed by atoms with Crippen LogP contribution in [0.2, 0.25) is 0 Å². The Morgan fingerprint density at radius 2 is 1.92 bits per heavy atom. The molecule has 0 saturated heterocycles. The lowest BCUT2D eigenvalue weighted by atomic mass is 10.2. The Balaban J connectivity index is 2.43.